The minimum atomic E-state index is -0.106. The number of halogens is 1. The zero-order valence-electron chi connectivity index (χ0n) is 12.2. The van der Waals surface area contributed by atoms with Gasteiger partial charge in [0.05, 0.1) is 5.56 Å². The third-order valence-corrected chi connectivity index (χ3v) is 4.24. The van der Waals surface area contributed by atoms with Gasteiger partial charge in [-0.05, 0) is 49.6 Å². The number of aryl methyl sites for hydroxylation is 2. The summed E-state index contributed by atoms with van der Waals surface area (Å²) in [5.41, 5.74) is 4.36. The van der Waals surface area contributed by atoms with E-state index < -0.39 is 0 Å². The van der Waals surface area contributed by atoms with Crippen LogP contribution in [0.15, 0.2) is 36.1 Å². The second-order valence-electron chi connectivity index (χ2n) is 5.36. The Balaban J connectivity index is 2.07. The standard InChI is InChI=1S/C18H15ClO2/c1-10-5-4-6-13(7-10)9-15-18(20)16-12(3)17(19)11(2)8-14(16)21-15/h4-9H,1-3H3/b15-9-. The first-order valence-electron chi connectivity index (χ1n) is 6.78. The lowest BCUT2D eigenvalue weighted by atomic mass is 10.0. The van der Waals surface area contributed by atoms with Gasteiger partial charge in [0.2, 0.25) is 5.78 Å². The number of ketones is 1. The second kappa shape index (κ2) is 5.05. The topological polar surface area (TPSA) is 26.3 Å². The molecule has 0 aliphatic carbocycles. The van der Waals surface area contributed by atoms with Crippen LogP contribution in [0.5, 0.6) is 5.75 Å². The van der Waals surface area contributed by atoms with Gasteiger partial charge in [-0.15, -0.1) is 0 Å². The van der Waals surface area contributed by atoms with E-state index in [9.17, 15) is 4.79 Å². The van der Waals surface area contributed by atoms with Gasteiger partial charge in [-0.1, -0.05) is 41.4 Å². The first-order valence-corrected chi connectivity index (χ1v) is 7.16. The van der Waals surface area contributed by atoms with E-state index in [0.717, 1.165) is 22.3 Å². The minimum absolute atomic E-state index is 0.106. The quantitative estimate of drug-likeness (QED) is 0.701. The van der Waals surface area contributed by atoms with Crippen LogP contribution in [0, 0.1) is 20.8 Å². The van der Waals surface area contributed by atoms with Crippen molar-refractivity contribution in [1.82, 2.24) is 0 Å². The minimum Gasteiger partial charge on any atom is -0.452 e. The Hall–Kier alpha value is -2.06. The van der Waals surface area contributed by atoms with Crippen LogP contribution in [0.2, 0.25) is 5.02 Å². The van der Waals surface area contributed by atoms with Crippen molar-refractivity contribution in [3.63, 3.8) is 0 Å². The first-order chi connectivity index (χ1) is 9.97. The number of allylic oxidation sites excluding steroid dienone is 1. The molecule has 0 aromatic heterocycles. The molecule has 106 valence electrons. The average molecular weight is 299 g/mol. The number of rotatable bonds is 1. The summed E-state index contributed by atoms with van der Waals surface area (Å²) >= 11 is 6.23. The molecular formula is C18H15ClO2. The molecule has 0 radical (unpaired) electrons. The van der Waals surface area contributed by atoms with Gasteiger partial charge >= 0.3 is 0 Å². The predicted molar refractivity (Wildman–Crippen MR) is 85.0 cm³/mol. The Morgan fingerprint density at radius 1 is 1.14 bits per heavy atom. The van der Waals surface area contributed by atoms with Crippen molar-refractivity contribution < 1.29 is 9.53 Å². The summed E-state index contributed by atoms with van der Waals surface area (Å²) in [6.45, 7) is 5.78. The summed E-state index contributed by atoms with van der Waals surface area (Å²) in [7, 11) is 0. The lowest BCUT2D eigenvalue weighted by molar-refractivity contribution is 0.101. The Labute approximate surface area is 129 Å². The van der Waals surface area contributed by atoms with E-state index in [2.05, 4.69) is 0 Å². The molecule has 0 N–H and O–H groups in total. The van der Waals surface area contributed by atoms with Gasteiger partial charge in [0, 0.05) is 5.02 Å². The molecule has 0 saturated carbocycles. The maximum atomic E-state index is 12.5. The molecule has 0 bridgehead atoms. The monoisotopic (exact) mass is 298 g/mol. The van der Waals surface area contributed by atoms with E-state index in [0.29, 0.717) is 22.1 Å². The number of hydrogen-bond acceptors (Lipinski definition) is 2. The smallest absolute Gasteiger partial charge is 0.232 e. The first kappa shape index (κ1) is 13.9. The Morgan fingerprint density at radius 2 is 1.90 bits per heavy atom. The van der Waals surface area contributed by atoms with Gasteiger partial charge in [-0.3, -0.25) is 4.79 Å². The summed E-state index contributed by atoms with van der Waals surface area (Å²) in [4.78, 5) is 12.5. The lowest BCUT2D eigenvalue weighted by Gasteiger charge is -2.05. The van der Waals surface area contributed by atoms with Gasteiger partial charge in [0.15, 0.2) is 5.76 Å². The van der Waals surface area contributed by atoms with Crippen molar-refractivity contribution in [2.45, 2.75) is 20.8 Å². The fraction of sp³-hybridized carbons (Fsp3) is 0.167. The van der Waals surface area contributed by atoms with Gasteiger partial charge < -0.3 is 4.74 Å². The van der Waals surface area contributed by atoms with Crippen LogP contribution in [0.25, 0.3) is 6.08 Å². The van der Waals surface area contributed by atoms with Crippen LogP contribution in [-0.2, 0) is 0 Å². The number of Topliss-reactive ketones (excluding diaryl/α,β-unsaturated/α-hetero) is 1. The number of carbonyl (C=O) groups excluding carboxylic acids is 1. The zero-order valence-corrected chi connectivity index (χ0v) is 12.9. The molecule has 0 atom stereocenters. The van der Waals surface area contributed by atoms with Crippen molar-refractivity contribution in [2.75, 3.05) is 0 Å². The summed E-state index contributed by atoms with van der Waals surface area (Å²) < 4.78 is 5.73. The van der Waals surface area contributed by atoms with E-state index in [-0.39, 0.29) is 5.78 Å². The predicted octanol–water partition coefficient (Wildman–Crippen LogP) is 4.88. The van der Waals surface area contributed by atoms with Crippen molar-refractivity contribution in [3.05, 3.63) is 68.9 Å². The van der Waals surface area contributed by atoms with Crippen molar-refractivity contribution >= 4 is 23.5 Å². The number of hydrogen-bond donors (Lipinski definition) is 0. The van der Waals surface area contributed by atoms with Gasteiger partial charge in [-0.2, -0.15) is 0 Å². The third-order valence-electron chi connectivity index (χ3n) is 3.66. The summed E-state index contributed by atoms with van der Waals surface area (Å²) in [5.74, 6) is 0.838. The highest BCUT2D eigenvalue weighted by Crippen LogP contribution is 2.39. The van der Waals surface area contributed by atoms with E-state index in [1.54, 1.807) is 6.08 Å². The van der Waals surface area contributed by atoms with E-state index >= 15 is 0 Å². The number of fused-ring (bicyclic) bond motifs is 1. The molecule has 0 saturated heterocycles. The molecular weight excluding hydrogens is 284 g/mol. The molecule has 1 aliphatic heterocycles. The van der Waals surface area contributed by atoms with Crippen molar-refractivity contribution in [1.29, 1.82) is 0 Å². The highest BCUT2D eigenvalue weighted by Gasteiger charge is 2.30. The largest absolute Gasteiger partial charge is 0.452 e. The second-order valence-corrected chi connectivity index (χ2v) is 5.74. The molecule has 21 heavy (non-hydrogen) atoms. The van der Waals surface area contributed by atoms with Crippen LogP contribution in [0.3, 0.4) is 0 Å². The Bertz CT molecular complexity index is 788. The number of benzene rings is 2. The number of carbonyl (C=O) groups is 1. The molecule has 1 heterocycles. The highest BCUT2D eigenvalue weighted by atomic mass is 35.5. The molecule has 0 spiro atoms. The molecule has 2 nitrogen and oxygen atoms in total. The van der Waals surface area contributed by atoms with Gasteiger partial charge in [-0.25, -0.2) is 0 Å². The van der Waals surface area contributed by atoms with Crippen LogP contribution in [0.1, 0.15) is 32.6 Å². The van der Waals surface area contributed by atoms with E-state index in [4.69, 9.17) is 16.3 Å². The number of ether oxygens (including phenoxy) is 1. The van der Waals surface area contributed by atoms with Crippen molar-refractivity contribution in [3.8, 4) is 5.75 Å². The molecule has 3 heteroatoms. The van der Waals surface area contributed by atoms with Crippen LogP contribution < -0.4 is 4.74 Å². The fourth-order valence-electron chi connectivity index (χ4n) is 2.58. The molecule has 2 aromatic carbocycles. The van der Waals surface area contributed by atoms with Crippen LogP contribution >= 0.6 is 11.6 Å². The zero-order chi connectivity index (χ0) is 15.1. The van der Waals surface area contributed by atoms with Gasteiger partial charge in [0.25, 0.3) is 0 Å². The molecule has 0 fully saturated rings. The maximum Gasteiger partial charge on any atom is 0.232 e. The van der Waals surface area contributed by atoms with Crippen molar-refractivity contribution in [2.24, 2.45) is 0 Å². The van der Waals surface area contributed by atoms with Crippen LogP contribution in [0.4, 0.5) is 0 Å². The molecule has 0 amide bonds. The maximum absolute atomic E-state index is 12.5. The van der Waals surface area contributed by atoms with Gasteiger partial charge in [0.1, 0.15) is 5.75 Å². The lowest BCUT2D eigenvalue weighted by Crippen LogP contribution is -2.00. The molecule has 0 unspecified atom stereocenters. The summed E-state index contributed by atoms with van der Waals surface area (Å²) in [6, 6.07) is 9.75. The van der Waals surface area contributed by atoms with E-state index in [1.165, 1.54) is 0 Å². The normalized spacial score (nSPS) is 15.2. The SMILES string of the molecule is Cc1cccc(/C=C2\Oc3cc(C)c(Cl)c(C)c3C2=O)c1. The Morgan fingerprint density at radius 3 is 2.62 bits per heavy atom. The fourth-order valence-corrected chi connectivity index (χ4v) is 2.73. The molecule has 2 aromatic rings. The summed E-state index contributed by atoms with van der Waals surface area (Å²) in [6.07, 6.45) is 1.78. The van der Waals surface area contributed by atoms with Crippen LogP contribution in [-0.4, -0.2) is 5.78 Å². The molecule has 1 aliphatic rings. The molecule has 3 rings (SSSR count). The highest BCUT2D eigenvalue weighted by molar-refractivity contribution is 6.33. The Kier molecular flexibility index (Phi) is 3.34. The average Bonchev–Trinajstić information content (AvgIpc) is 2.73. The van der Waals surface area contributed by atoms with E-state index in [1.807, 2.05) is 51.1 Å². The summed E-state index contributed by atoms with van der Waals surface area (Å²) in [5, 5.41) is 0.627. The third kappa shape index (κ3) is 2.36.